The van der Waals surface area contributed by atoms with Gasteiger partial charge in [0, 0.05) is 32.5 Å². The molecule has 0 radical (unpaired) electrons. The number of carbonyl (C=O) groups excluding carboxylic acids is 3. The zero-order valence-corrected chi connectivity index (χ0v) is 17.7. The van der Waals surface area contributed by atoms with Gasteiger partial charge in [-0.05, 0) is 24.1 Å². The number of ether oxygens (including phenoxy) is 2. The molecule has 1 aliphatic rings. The van der Waals surface area contributed by atoms with E-state index in [4.69, 9.17) is 9.47 Å². The molecule has 4 N–H and O–H groups in total. The lowest BCUT2D eigenvalue weighted by molar-refractivity contribution is -0.125. The standard InChI is InChI=1S/C19H28N4O5S/c1-20-16(24)9-13-10-17(25)23-19(22-13)29-11-18(26)21-7-6-12-4-5-14(27-2)15(8-12)28-3/h4-5,8,13,19,22H,6-7,9-11H2,1-3H3,(H,20,24)(H,21,26)(H,23,25). The van der Waals surface area contributed by atoms with Gasteiger partial charge in [-0.3, -0.25) is 19.7 Å². The first-order valence-corrected chi connectivity index (χ1v) is 10.3. The molecule has 29 heavy (non-hydrogen) atoms. The summed E-state index contributed by atoms with van der Waals surface area (Å²) in [4.78, 5) is 35.4. The third kappa shape index (κ3) is 7.47. The highest BCUT2D eigenvalue weighted by atomic mass is 32.2. The van der Waals surface area contributed by atoms with Crippen molar-refractivity contribution in [2.45, 2.75) is 30.8 Å². The summed E-state index contributed by atoms with van der Waals surface area (Å²) in [5.41, 5.74) is 0.622. The van der Waals surface area contributed by atoms with E-state index in [1.807, 2.05) is 18.2 Å². The van der Waals surface area contributed by atoms with Crippen LogP contribution in [0.3, 0.4) is 0 Å². The Labute approximate surface area is 174 Å². The highest BCUT2D eigenvalue weighted by Gasteiger charge is 2.27. The fourth-order valence-electron chi connectivity index (χ4n) is 2.88. The Morgan fingerprint density at radius 3 is 2.66 bits per heavy atom. The molecule has 0 spiro atoms. The van der Waals surface area contributed by atoms with Crippen LogP contribution in [0.15, 0.2) is 18.2 Å². The molecule has 0 aromatic heterocycles. The topological polar surface area (TPSA) is 118 Å². The van der Waals surface area contributed by atoms with E-state index in [-0.39, 0.29) is 42.4 Å². The summed E-state index contributed by atoms with van der Waals surface area (Å²) in [6, 6.07) is 5.40. The summed E-state index contributed by atoms with van der Waals surface area (Å²) >= 11 is 1.28. The Morgan fingerprint density at radius 1 is 1.21 bits per heavy atom. The van der Waals surface area contributed by atoms with Gasteiger partial charge in [0.1, 0.15) is 5.50 Å². The summed E-state index contributed by atoms with van der Waals surface area (Å²) in [5, 5.41) is 11.4. The van der Waals surface area contributed by atoms with Gasteiger partial charge >= 0.3 is 0 Å². The number of hydrogen-bond acceptors (Lipinski definition) is 7. The van der Waals surface area contributed by atoms with Gasteiger partial charge < -0.3 is 25.4 Å². The van der Waals surface area contributed by atoms with Crippen molar-refractivity contribution >= 4 is 29.5 Å². The van der Waals surface area contributed by atoms with Crippen molar-refractivity contribution in [2.24, 2.45) is 0 Å². The molecular weight excluding hydrogens is 396 g/mol. The van der Waals surface area contributed by atoms with Crippen LogP contribution in [-0.2, 0) is 20.8 Å². The van der Waals surface area contributed by atoms with Gasteiger partial charge in [-0.1, -0.05) is 6.07 Å². The number of benzene rings is 1. The molecule has 1 aliphatic heterocycles. The molecule has 2 atom stereocenters. The highest BCUT2D eigenvalue weighted by molar-refractivity contribution is 8.00. The second-order valence-electron chi connectivity index (χ2n) is 6.49. The zero-order valence-electron chi connectivity index (χ0n) is 16.9. The normalized spacial score (nSPS) is 18.5. The predicted octanol–water partition coefficient (Wildman–Crippen LogP) is -0.00650. The lowest BCUT2D eigenvalue weighted by Gasteiger charge is -2.30. The van der Waals surface area contributed by atoms with Crippen molar-refractivity contribution in [3.8, 4) is 11.5 Å². The molecule has 1 heterocycles. The van der Waals surface area contributed by atoms with E-state index in [0.29, 0.717) is 24.5 Å². The number of methoxy groups -OCH3 is 2. The zero-order chi connectivity index (χ0) is 21.2. The Hall–Kier alpha value is -2.46. The van der Waals surface area contributed by atoms with Gasteiger partial charge in [0.05, 0.1) is 20.0 Å². The molecule has 0 aliphatic carbocycles. The van der Waals surface area contributed by atoms with Crippen LogP contribution in [0.2, 0.25) is 0 Å². The van der Waals surface area contributed by atoms with E-state index < -0.39 is 5.50 Å². The second-order valence-corrected chi connectivity index (χ2v) is 7.59. The first kappa shape index (κ1) is 22.8. The highest BCUT2D eigenvalue weighted by Crippen LogP contribution is 2.27. The van der Waals surface area contributed by atoms with Gasteiger partial charge in [-0.2, -0.15) is 0 Å². The number of carbonyl (C=O) groups is 3. The molecule has 160 valence electrons. The maximum atomic E-state index is 12.1. The second kappa shape index (κ2) is 11.5. The van der Waals surface area contributed by atoms with E-state index >= 15 is 0 Å². The molecule has 1 aromatic carbocycles. The fourth-order valence-corrected chi connectivity index (χ4v) is 3.81. The summed E-state index contributed by atoms with van der Waals surface area (Å²) in [7, 11) is 4.72. The Kier molecular flexibility index (Phi) is 9.07. The minimum Gasteiger partial charge on any atom is -0.493 e. The van der Waals surface area contributed by atoms with E-state index in [1.165, 1.54) is 11.8 Å². The van der Waals surface area contributed by atoms with E-state index in [9.17, 15) is 14.4 Å². The fraction of sp³-hybridized carbons (Fsp3) is 0.526. The van der Waals surface area contributed by atoms with Gasteiger partial charge in [-0.25, -0.2) is 0 Å². The van der Waals surface area contributed by atoms with Crippen LogP contribution < -0.4 is 30.7 Å². The lowest BCUT2D eigenvalue weighted by atomic mass is 10.1. The molecular formula is C19H28N4O5S. The van der Waals surface area contributed by atoms with Crippen molar-refractivity contribution in [2.75, 3.05) is 33.6 Å². The molecule has 1 fully saturated rings. The summed E-state index contributed by atoms with van der Waals surface area (Å²) < 4.78 is 10.5. The molecule has 0 bridgehead atoms. The number of rotatable bonds is 10. The molecule has 2 rings (SSSR count). The first-order valence-electron chi connectivity index (χ1n) is 9.30. The summed E-state index contributed by atoms with van der Waals surface area (Å²) in [6.07, 6.45) is 1.11. The summed E-state index contributed by atoms with van der Waals surface area (Å²) in [5.74, 6) is 1.11. The van der Waals surface area contributed by atoms with Crippen LogP contribution >= 0.6 is 11.8 Å². The van der Waals surface area contributed by atoms with Crippen LogP contribution in [0.5, 0.6) is 11.5 Å². The van der Waals surface area contributed by atoms with Crippen LogP contribution in [0.25, 0.3) is 0 Å². The first-order chi connectivity index (χ1) is 13.9. The molecule has 2 unspecified atom stereocenters. The Morgan fingerprint density at radius 2 is 1.97 bits per heavy atom. The quantitative estimate of drug-likeness (QED) is 0.417. The smallest absolute Gasteiger partial charge is 0.230 e. The molecule has 3 amide bonds. The van der Waals surface area contributed by atoms with E-state index in [1.54, 1.807) is 21.3 Å². The SMILES string of the molecule is CNC(=O)CC1CC(=O)NC(SCC(=O)NCCc2ccc(OC)c(OC)c2)N1. The maximum absolute atomic E-state index is 12.1. The summed E-state index contributed by atoms with van der Waals surface area (Å²) in [6.45, 7) is 0.485. The maximum Gasteiger partial charge on any atom is 0.230 e. The molecule has 9 nitrogen and oxygen atoms in total. The number of nitrogens with one attached hydrogen (secondary N) is 4. The van der Waals surface area contributed by atoms with Crippen molar-refractivity contribution in [1.29, 1.82) is 0 Å². The average molecular weight is 425 g/mol. The van der Waals surface area contributed by atoms with E-state index in [2.05, 4.69) is 21.3 Å². The third-order valence-electron chi connectivity index (χ3n) is 4.39. The van der Waals surface area contributed by atoms with Crippen LogP contribution in [0.4, 0.5) is 0 Å². The molecule has 10 heteroatoms. The Balaban J connectivity index is 1.72. The lowest BCUT2D eigenvalue weighted by Crippen LogP contribution is -2.56. The number of hydrogen-bond donors (Lipinski definition) is 4. The Bertz CT molecular complexity index is 731. The minimum absolute atomic E-state index is 0.125. The van der Waals surface area contributed by atoms with Crippen molar-refractivity contribution < 1.29 is 23.9 Å². The van der Waals surface area contributed by atoms with Crippen LogP contribution in [0, 0.1) is 0 Å². The minimum atomic E-state index is -0.400. The molecule has 1 aromatic rings. The number of thioether (sulfide) groups is 1. The average Bonchev–Trinajstić information content (AvgIpc) is 2.71. The van der Waals surface area contributed by atoms with Gasteiger partial charge in [0.15, 0.2) is 11.5 Å². The molecule has 0 saturated carbocycles. The van der Waals surface area contributed by atoms with Gasteiger partial charge in [-0.15, -0.1) is 11.8 Å². The van der Waals surface area contributed by atoms with Crippen molar-refractivity contribution in [3.63, 3.8) is 0 Å². The van der Waals surface area contributed by atoms with Gasteiger partial charge in [0.2, 0.25) is 17.7 Å². The predicted molar refractivity (Wildman–Crippen MR) is 111 cm³/mol. The van der Waals surface area contributed by atoms with E-state index in [0.717, 1.165) is 5.56 Å². The van der Waals surface area contributed by atoms with Crippen LogP contribution in [-0.4, -0.2) is 62.8 Å². The largest absolute Gasteiger partial charge is 0.493 e. The van der Waals surface area contributed by atoms with Crippen molar-refractivity contribution in [1.82, 2.24) is 21.3 Å². The van der Waals surface area contributed by atoms with Crippen molar-refractivity contribution in [3.05, 3.63) is 23.8 Å². The number of amides is 3. The van der Waals surface area contributed by atoms with Gasteiger partial charge in [0.25, 0.3) is 0 Å². The molecule has 1 saturated heterocycles. The monoisotopic (exact) mass is 424 g/mol. The van der Waals surface area contributed by atoms with Crippen LogP contribution in [0.1, 0.15) is 18.4 Å². The third-order valence-corrected chi connectivity index (χ3v) is 5.40.